The first-order valence-electron chi connectivity index (χ1n) is 7.76. The van der Waals surface area contributed by atoms with Crippen LogP contribution in [0.3, 0.4) is 0 Å². The molecule has 1 aliphatic carbocycles. The summed E-state index contributed by atoms with van der Waals surface area (Å²) in [6.07, 6.45) is 4.88. The number of hydrogen-bond acceptors (Lipinski definition) is 0. The van der Waals surface area contributed by atoms with Crippen LogP contribution in [0.1, 0.15) is 29.7 Å². The summed E-state index contributed by atoms with van der Waals surface area (Å²) in [6, 6.07) is 14.4. The lowest BCUT2D eigenvalue weighted by Crippen LogP contribution is -2.09. The van der Waals surface area contributed by atoms with Crippen molar-refractivity contribution in [2.24, 2.45) is 0 Å². The molecule has 0 bridgehead atoms. The van der Waals surface area contributed by atoms with Gasteiger partial charge in [-0.25, -0.2) is 0 Å². The molecular weight excluding hydrogens is 313 g/mol. The predicted octanol–water partition coefficient (Wildman–Crippen LogP) is 5.88. The van der Waals surface area contributed by atoms with Crippen LogP contribution in [0.2, 0.25) is 10.0 Å². The largest absolute Gasteiger partial charge is 0.340 e. The van der Waals surface area contributed by atoms with E-state index in [9.17, 15) is 0 Å². The fraction of sp³-hybridized carbons (Fsp3) is 0.263. The minimum absolute atomic E-state index is 0.787. The van der Waals surface area contributed by atoms with E-state index in [0.717, 1.165) is 23.0 Å². The van der Waals surface area contributed by atoms with E-state index in [1.165, 1.54) is 47.0 Å². The van der Waals surface area contributed by atoms with Gasteiger partial charge in [-0.05, 0) is 67.1 Å². The molecule has 1 aromatic heterocycles. The fourth-order valence-corrected chi connectivity index (χ4v) is 3.86. The summed E-state index contributed by atoms with van der Waals surface area (Å²) in [7, 11) is 0. The van der Waals surface area contributed by atoms with Gasteiger partial charge in [0.05, 0.1) is 0 Å². The SMILES string of the molecule is Clc1ccc(Cn2c3c(c4cc(Cl)ccc42)CCCC3)cc1. The Hall–Kier alpha value is -1.44. The van der Waals surface area contributed by atoms with Crippen LogP contribution in [0.4, 0.5) is 0 Å². The van der Waals surface area contributed by atoms with Crippen LogP contribution >= 0.6 is 23.2 Å². The molecule has 2 aromatic carbocycles. The monoisotopic (exact) mass is 329 g/mol. The summed E-state index contributed by atoms with van der Waals surface area (Å²) < 4.78 is 2.46. The lowest BCUT2D eigenvalue weighted by Gasteiger charge is -2.16. The number of rotatable bonds is 2. The molecular formula is C19H17Cl2N. The third-order valence-corrected chi connectivity index (χ3v) is 5.08. The lowest BCUT2D eigenvalue weighted by molar-refractivity contribution is 0.638. The zero-order valence-electron chi connectivity index (χ0n) is 12.3. The normalized spacial score (nSPS) is 14.3. The Bertz CT molecular complexity index is 831. The average molecular weight is 330 g/mol. The van der Waals surface area contributed by atoms with Gasteiger partial charge in [0.25, 0.3) is 0 Å². The minimum atomic E-state index is 0.787. The molecule has 112 valence electrons. The van der Waals surface area contributed by atoms with E-state index < -0.39 is 0 Å². The van der Waals surface area contributed by atoms with Gasteiger partial charge < -0.3 is 4.57 Å². The summed E-state index contributed by atoms with van der Waals surface area (Å²) >= 11 is 12.2. The van der Waals surface area contributed by atoms with Crippen LogP contribution in [0, 0.1) is 0 Å². The molecule has 1 nitrogen and oxygen atoms in total. The van der Waals surface area contributed by atoms with Gasteiger partial charge in [-0.15, -0.1) is 0 Å². The van der Waals surface area contributed by atoms with Gasteiger partial charge in [0.2, 0.25) is 0 Å². The standard InChI is InChI=1S/C19H17Cl2N/c20-14-7-5-13(6-8-14)12-22-18-4-2-1-3-16(18)17-11-15(21)9-10-19(17)22/h5-11H,1-4,12H2. The molecule has 1 heterocycles. The first-order chi connectivity index (χ1) is 10.7. The molecule has 22 heavy (non-hydrogen) atoms. The summed E-state index contributed by atoms with van der Waals surface area (Å²) in [5.74, 6) is 0. The summed E-state index contributed by atoms with van der Waals surface area (Å²) in [5, 5.41) is 2.94. The van der Waals surface area contributed by atoms with Crippen molar-refractivity contribution in [3.8, 4) is 0 Å². The number of fused-ring (bicyclic) bond motifs is 3. The van der Waals surface area contributed by atoms with Gasteiger partial charge in [0, 0.05) is 33.2 Å². The first-order valence-corrected chi connectivity index (χ1v) is 8.52. The van der Waals surface area contributed by atoms with Gasteiger partial charge in [-0.2, -0.15) is 0 Å². The molecule has 0 N–H and O–H groups in total. The Balaban J connectivity index is 1.87. The topological polar surface area (TPSA) is 4.93 Å². The van der Waals surface area contributed by atoms with Gasteiger partial charge in [0.15, 0.2) is 0 Å². The Kier molecular flexibility index (Phi) is 3.63. The Labute approximate surface area is 140 Å². The quantitative estimate of drug-likeness (QED) is 0.553. The van der Waals surface area contributed by atoms with Crippen LogP contribution in [-0.2, 0) is 19.4 Å². The predicted molar refractivity (Wildman–Crippen MR) is 94.1 cm³/mol. The summed E-state index contributed by atoms with van der Waals surface area (Å²) in [4.78, 5) is 0. The van der Waals surface area contributed by atoms with E-state index in [1.54, 1.807) is 0 Å². The third-order valence-electron chi connectivity index (χ3n) is 4.59. The third kappa shape index (κ3) is 2.43. The fourth-order valence-electron chi connectivity index (χ4n) is 3.56. The maximum absolute atomic E-state index is 6.22. The van der Waals surface area contributed by atoms with E-state index >= 15 is 0 Å². The Morgan fingerprint density at radius 1 is 0.864 bits per heavy atom. The zero-order valence-corrected chi connectivity index (χ0v) is 13.8. The van der Waals surface area contributed by atoms with E-state index in [4.69, 9.17) is 23.2 Å². The zero-order chi connectivity index (χ0) is 15.1. The van der Waals surface area contributed by atoms with Crippen LogP contribution in [0.15, 0.2) is 42.5 Å². The summed E-state index contributed by atoms with van der Waals surface area (Å²) in [5.41, 5.74) is 5.56. The maximum atomic E-state index is 6.22. The van der Waals surface area contributed by atoms with E-state index in [0.29, 0.717) is 0 Å². The number of halogens is 2. The van der Waals surface area contributed by atoms with E-state index in [1.807, 2.05) is 18.2 Å². The second-order valence-electron chi connectivity index (χ2n) is 6.01. The molecule has 0 atom stereocenters. The van der Waals surface area contributed by atoms with Crippen LogP contribution in [0.25, 0.3) is 10.9 Å². The Morgan fingerprint density at radius 2 is 1.59 bits per heavy atom. The molecule has 0 unspecified atom stereocenters. The van der Waals surface area contributed by atoms with Crippen molar-refractivity contribution in [1.29, 1.82) is 0 Å². The smallest absolute Gasteiger partial charge is 0.0489 e. The molecule has 0 saturated heterocycles. The number of aromatic nitrogens is 1. The molecule has 0 aliphatic heterocycles. The van der Waals surface area contributed by atoms with Crippen molar-refractivity contribution in [2.75, 3.05) is 0 Å². The van der Waals surface area contributed by atoms with E-state index in [-0.39, 0.29) is 0 Å². The molecule has 3 heteroatoms. The molecule has 1 aliphatic rings. The van der Waals surface area contributed by atoms with Crippen molar-refractivity contribution in [1.82, 2.24) is 4.57 Å². The average Bonchev–Trinajstić information content (AvgIpc) is 2.83. The van der Waals surface area contributed by atoms with Crippen LogP contribution < -0.4 is 0 Å². The van der Waals surface area contributed by atoms with Crippen molar-refractivity contribution in [2.45, 2.75) is 32.2 Å². The molecule has 0 amide bonds. The van der Waals surface area contributed by atoms with Gasteiger partial charge in [-0.1, -0.05) is 35.3 Å². The number of hydrogen-bond donors (Lipinski definition) is 0. The van der Waals surface area contributed by atoms with Gasteiger partial charge >= 0.3 is 0 Å². The molecule has 0 saturated carbocycles. The van der Waals surface area contributed by atoms with Crippen molar-refractivity contribution < 1.29 is 0 Å². The minimum Gasteiger partial charge on any atom is -0.340 e. The van der Waals surface area contributed by atoms with Crippen molar-refractivity contribution >= 4 is 34.1 Å². The van der Waals surface area contributed by atoms with Crippen LogP contribution in [0.5, 0.6) is 0 Å². The molecule has 0 radical (unpaired) electrons. The highest BCUT2D eigenvalue weighted by Crippen LogP contribution is 2.34. The van der Waals surface area contributed by atoms with Gasteiger partial charge in [-0.3, -0.25) is 0 Å². The van der Waals surface area contributed by atoms with Gasteiger partial charge in [0.1, 0.15) is 0 Å². The summed E-state index contributed by atoms with van der Waals surface area (Å²) in [6.45, 7) is 0.893. The number of nitrogens with zero attached hydrogens (tertiary/aromatic N) is 1. The first kappa shape index (κ1) is 14.2. The highest BCUT2D eigenvalue weighted by Gasteiger charge is 2.20. The van der Waals surface area contributed by atoms with Crippen LogP contribution in [-0.4, -0.2) is 4.57 Å². The highest BCUT2D eigenvalue weighted by molar-refractivity contribution is 6.31. The molecule has 0 fully saturated rings. The highest BCUT2D eigenvalue weighted by atomic mass is 35.5. The van der Waals surface area contributed by atoms with E-state index in [2.05, 4.69) is 28.8 Å². The van der Waals surface area contributed by atoms with Crippen molar-refractivity contribution in [3.63, 3.8) is 0 Å². The molecule has 4 rings (SSSR count). The second kappa shape index (κ2) is 5.64. The maximum Gasteiger partial charge on any atom is 0.0489 e. The number of aryl methyl sites for hydroxylation is 1. The molecule has 0 spiro atoms. The number of benzene rings is 2. The molecule has 3 aromatic rings. The van der Waals surface area contributed by atoms with Crippen molar-refractivity contribution in [3.05, 3.63) is 69.3 Å². The Morgan fingerprint density at radius 3 is 2.41 bits per heavy atom. The second-order valence-corrected chi connectivity index (χ2v) is 6.88. The lowest BCUT2D eigenvalue weighted by atomic mass is 9.95.